The predicted molar refractivity (Wildman–Crippen MR) is 69.5 cm³/mol. The third-order valence-corrected chi connectivity index (χ3v) is 4.44. The molecule has 0 aliphatic heterocycles. The van der Waals surface area contributed by atoms with Crippen LogP contribution in [-0.4, -0.2) is 24.3 Å². The van der Waals surface area contributed by atoms with E-state index in [1.807, 2.05) is 0 Å². The molecule has 16 heavy (non-hydrogen) atoms. The van der Waals surface area contributed by atoms with E-state index in [1.165, 1.54) is 32.1 Å². The summed E-state index contributed by atoms with van der Waals surface area (Å²) in [7, 11) is 0. The molecule has 0 amide bonds. The van der Waals surface area contributed by atoms with Crippen LogP contribution in [0.15, 0.2) is 0 Å². The van der Waals surface area contributed by atoms with E-state index in [4.69, 9.17) is 0 Å². The lowest BCUT2D eigenvalue weighted by molar-refractivity contribution is 0.126. The molecule has 0 bridgehead atoms. The highest BCUT2D eigenvalue weighted by molar-refractivity contribution is 4.80. The third kappa shape index (κ3) is 4.06. The molecule has 0 radical (unpaired) electrons. The minimum atomic E-state index is 0.0585. The van der Waals surface area contributed by atoms with Gasteiger partial charge in [0, 0.05) is 24.6 Å². The summed E-state index contributed by atoms with van der Waals surface area (Å²) in [6, 6.07) is 0.609. The number of aliphatic hydroxyl groups is 1. The Morgan fingerprint density at radius 2 is 1.94 bits per heavy atom. The number of hydrogen-bond acceptors (Lipinski definition) is 2. The van der Waals surface area contributed by atoms with Gasteiger partial charge < -0.3 is 10.4 Å². The Morgan fingerprint density at radius 3 is 2.44 bits per heavy atom. The van der Waals surface area contributed by atoms with Crippen LogP contribution in [0.25, 0.3) is 0 Å². The van der Waals surface area contributed by atoms with Crippen molar-refractivity contribution in [2.24, 2.45) is 11.3 Å². The quantitative estimate of drug-likeness (QED) is 0.731. The number of rotatable bonds is 6. The standard InChI is InChI=1S/C14H29NO/c1-4-14(3,11-16)10-15-12(2)13-8-6-5-7-9-13/h12-13,15-16H,4-11H2,1-3H3. The SMILES string of the molecule is CCC(C)(CO)CNC(C)C1CCCCC1. The summed E-state index contributed by atoms with van der Waals surface area (Å²) in [6.45, 7) is 7.85. The molecule has 0 saturated heterocycles. The molecule has 1 aliphatic carbocycles. The maximum absolute atomic E-state index is 9.37. The van der Waals surface area contributed by atoms with E-state index in [-0.39, 0.29) is 12.0 Å². The van der Waals surface area contributed by atoms with Crippen molar-refractivity contribution < 1.29 is 5.11 Å². The molecule has 2 heteroatoms. The van der Waals surface area contributed by atoms with E-state index >= 15 is 0 Å². The second kappa shape index (κ2) is 6.61. The highest BCUT2D eigenvalue weighted by Gasteiger charge is 2.24. The minimum Gasteiger partial charge on any atom is -0.396 e. The molecular formula is C14H29NO. The molecular weight excluding hydrogens is 198 g/mol. The fourth-order valence-electron chi connectivity index (χ4n) is 2.50. The van der Waals surface area contributed by atoms with Crippen LogP contribution in [0.3, 0.4) is 0 Å². The van der Waals surface area contributed by atoms with Crippen LogP contribution in [0.4, 0.5) is 0 Å². The minimum absolute atomic E-state index is 0.0585. The first-order valence-corrected chi connectivity index (χ1v) is 6.95. The topological polar surface area (TPSA) is 32.3 Å². The van der Waals surface area contributed by atoms with E-state index in [0.29, 0.717) is 6.04 Å². The number of aliphatic hydroxyl groups excluding tert-OH is 1. The summed E-state index contributed by atoms with van der Waals surface area (Å²) in [5.74, 6) is 0.855. The lowest BCUT2D eigenvalue weighted by Gasteiger charge is -2.33. The Morgan fingerprint density at radius 1 is 1.31 bits per heavy atom. The van der Waals surface area contributed by atoms with Crippen molar-refractivity contribution >= 4 is 0 Å². The molecule has 0 aromatic heterocycles. The summed E-state index contributed by atoms with van der Waals surface area (Å²) < 4.78 is 0. The van der Waals surface area contributed by atoms with Crippen molar-refractivity contribution in [2.45, 2.75) is 65.3 Å². The fourth-order valence-corrected chi connectivity index (χ4v) is 2.50. The molecule has 0 aromatic carbocycles. The van der Waals surface area contributed by atoms with Gasteiger partial charge in [0.25, 0.3) is 0 Å². The molecule has 1 rings (SSSR count). The lowest BCUT2D eigenvalue weighted by atomic mass is 9.83. The molecule has 0 aromatic rings. The highest BCUT2D eigenvalue weighted by atomic mass is 16.3. The second-order valence-corrected chi connectivity index (χ2v) is 5.89. The molecule has 0 spiro atoms. The van der Waals surface area contributed by atoms with Gasteiger partial charge in [-0.3, -0.25) is 0 Å². The van der Waals surface area contributed by atoms with E-state index < -0.39 is 0 Å². The highest BCUT2D eigenvalue weighted by Crippen LogP contribution is 2.27. The molecule has 1 saturated carbocycles. The van der Waals surface area contributed by atoms with Crippen LogP contribution in [0.5, 0.6) is 0 Å². The van der Waals surface area contributed by atoms with Crippen molar-refractivity contribution in [3.8, 4) is 0 Å². The van der Waals surface area contributed by atoms with Crippen LogP contribution in [0.1, 0.15) is 59.3 Å². The van der Waals surface area contributed by atoms with Gasteiger partial charge in [0.1, 0.15) is 0 Å². The van der Waals surface area contributed by atoms with Crippen molar-refractivity contribution in [3.05, 3.63) is 0 Å². The Bertz CT molecular complexity index is 183. The molecule has 96 valence electrons. The van der Waals surface area contributed by atoms with Gasteiger partial charge in [0.05, 0.1) is 0 Å². The zero-order valence-electron chi connectivity index (χ0n) is 11.3. The van der Waals surface area contributed by atoms with Gasteiger partial charge in [-0.25, -0.2) is 0 Å². The first-order chi connectivity index (χ1) is 7.61. The largest absolute Gasteiger partial charge is 0.396 e. The summed E-state index contributed by atoms with van der Waals surface area (Å²) >= 11 is 0. The number of hydrogen-bond donors (Lipinski definition) is 2. The summed E-state index contributed by atoms with van der Waals surface area (Å²) in [6.07, 6.45) is 8.04. The van der Waals surface area contributed by atoms with E-state index in [2.05, 4.69) is 26.1 Å². The zero-order valence-corrected chi connectivity index (χ0v) is 11.3. The van der Waals surface area contributed by atoms with Gasteiger partial charge in [-0.2, -0.15) is 0 Å². The summed E-state index contributed by atoms with van der Waals surface area (Å²) in [5, 5.41) is 13.0. The van der Waals surface area contributed by atoms with Gasteiger partial charge in [0.15, 0.2) is 0 Å². The first kappa shape index (κ1) is 14.0. The summed E-state index contributed by atoms with van der Waals surface area (Å²) in [5.41, 5.74) is 0.0585. The van der Waals surface area contributed by atoms with Crippen LogP contribution < -0.4 is 5.32 Å². The maximum Gasteiger partial charge on any atom is 0.0496 e. The van der Waals surface area contributed by atoms with Gasteiger partial charge in [-0.15, -0.1) is 0 Å². The smallest absolute Gasteiger partial charge is 0.0496 e. The van der Waals surface area contributed by atoms with Crippen LogP contribution in [-0.2, 0) is 0 Å². The lowest BCUT2D eigenvalue weighted by Crippen LogP contribution is -2.42. The molecule has 2 atom stereocenters. The van der Waals surface area contributed by atoms with E-state index in [9.17, 15) is 5.11 Å². The van der Waals surface area contributed by atoms with Crippen LogP contribution >= 0.6 is 0 Å². The van der Waals surface area contributed by atoms with Crippen LogP contribution in [0.2, 0.25) is 0 Å². The van der Waals surface area contributed by atoms with Gasteiger partial charge in [0.2, 0.25) is 0 Å². The maximum atomic E-state index is 9.37. The fraction of sp³-hybridized carbons (Fsp3) is 1.00. The van der Waals surface area contributed by atoms with E-state index in [1.54, 1.807) is 0 Å². The molecule has 2 N–H and O–H groups in total. The van der Waals surface area contributed by atoms with Gasteiger partial charge in [-0.1, -0.05) is 33.1 Å². The first-order valence-electron chi connectivity index (χ1n) is 6.95. The Labute approximate surface area is 101 Å². The monoisotopic (exact) mass is 227 g/mol. The van der Waals surface area contributed by atoms with Crippen molar-refractivity contribution in [1.29, 1.82) is 0 Å². The van der Waals surface area contributed by atoms with E-state index in [0.717, 1.165) is 18.9 Å². The Hall–Kier alpha value is -0.0800. The van der Waals surface area contributed by atoms with Crippen LogP contribution in [0, 0.1) is 11.3 Å². The normalized spacial score (nSPS) is 24.0. The molecule has 1 aliphatic rings. The molecule has 0 heterocycles. The molecule has 2 nitrogen and oxygen atoms in total. The Balaban J connectivity index is 2.30. The third-order valence-electron chi connectivity index (χ3n) is 4.44. The van der Waals surface area contributed by atoms with Crippen molar-refractivity contribution in [1.82, 2.24) is 5.32 Å². The number of nitrogens with one attached hydrogen (secondary N) is 1. The molecule has 1 fully saturated rings. The average molecular weight is 227 g/mol. The van der Waals surface area contributed by atoms with Crippen molar-refractivity contribution in [3.63, 3.8) is 0 Å². The summed E-state index contributed by atoms with van der Waals surface area (Å²) in [4.78, 5) is 0. The van der Waals surface area contributed by atoms with Gasteiger partial charge in [-0.05, 0) is 32.1 Å². The average Bonchev–Trinajstić information content (AvgIpc) is 2.36. The van der Waals surface area contributed by atoms with Gasteiger partial charge >= 0.3 is 0 Å². The molecule has 2 unspecified atom stereocenters. The Kier molecular flexibility index (Phi) is 5.77. The zero-order chi connectivity index (χ0) is 12.0. The second-order valence-electron chi connectivity index (χ2n) is 5.89. The van der Waals surface area contributed by atoms with Crippen molar-refractivity contribution in [2.75, 3.05) is 13.2 Å². The predicted octanol–water partition coefficient (Wildman–Crippen LogP) is 2.95.